The minimum atomic E-state index is -3.89. The van der Waals surface area contributed by atoms with E-state index >= 15 is 0 Å². The maximum absolute atomic E-state index is 12.0. The Labute approximate surface area is 127 Å². The highest BCUT2D eigenvalue weighted by Crippen LogP contribution is 2.14. The van der Waals surface area contributed by atoms with Gasteiger partial charge in [-0.05, 0) is 12.8 Å². The summed E-state index contributed by atoms with van der Waals surface area (Å²) in [4.78, 5) is 16.2. The fourth-order valence-corrected chi connectivity index (χ4v) is 2.82. The zero-order valence-corrected chi connectivity index (χ0v) is 13.3. The summed E-state index contributed by atoms with van der Waals surface area (Å²) in [6, 6.07) is 1.41. The predicted octanol–water partition coefficient (Wildman–Crippen LogP) is 1.43. The van der Waals surface area contributed by atoms with Crippen molar-refractivity contribution in [3.63, 3.8) is 0 Å². The smallest absolute Gasteiger partial charge is 0.302 e. The molecule has 0 spiro atoms. The van der Waals surface area contributed by atoms with Gasteiger partial charge in [-0.2, -0.15) is 0 Å². The third kappa shape index (κ3) is 4.17. The number of nitrogens with one attached hydrogen (secondary N) is 1. The maximum Gasteiger partial charge on any atom is 0.302 e. The van der Waals surface area contributed by atoms with Crippen molar-refractivity contribution in [1.29, 1.82) is 0 Å². The van der Waals surface area contributed by atoms with Gasteiger partial charge in [0.1, 0.15) is 17.7 Å². The first-order valence-electron chi connectivity index (χ1n) is 6.67. The summed E-state index contributed by atoms with van der Waals surface area (Å²) < 4.78 is 35.6. The van der Waals surface area contributed by atoms with Crippen LogP contribution in [0.1, 0.15) is 41.7 Å². The lowest BCUT2D eigenvalue weighted by Gasteiger charge is -2.03. The molecule has 1 amide bonds. The number of rotatable bonds is 6. The Balaban J connectivity index is 2.10. The molecule has 0 bridgehead atoms. The van der Waals surface area contributed by atoms with Crippen molar-refractivity contribution in [3.8, 4) is 0 Å². The summed E-state index contributed by atoms with van der Waals surface area (Å²) in [5.41, 5.74) is 0.555. The molecule has 0 aliphatic rings. The summed E-state index contributed by atoms with van der Waals surface area (Å²) in [6.07, 6.45) is 1.82. The Kier molecular flexibility index (Phi) is 4.65. The Morgan fingerprint density at radius 2 is 2.14 bits per heavy atom. The van der Waals surface area contributed by atoms with Gasteiger partial charge in [0, 0.05) is 12.5 Å². The number of sulfonamides is 1. The van der Waals surface area contributed by atoms with Gasteiger partial charge in [-0.15, -0.1) is 0 Å². The molecule has 0 saturated carbocycles. The van der Waals surface area contributed by atoms with Crippen molar-refractivity contribution in [1.82, 2.24) is 14.9 Å². The molecule has 2 rings (SSSR count). The van der Waals surface area contributed by atoms with Crippen LogP contribution in [0, 0.1) is 12.8 Å². The van der Waals surface area contributed by atoms with Gasteiger partial charge in [0.2, 0.25) is 15.8 Å². The molecular weight excluding hydrogens is 310 g/mol. The van der Waals surface area contributed by atoms with E-state index in [0.29, 0.717) is 23.9 Å². The highest BCUT2D eigenvalue weighted by atomic mass is 32.2. The third-order valence-corrected chi connectivity index (χ3v) is 3.88. The Morgan fingerprint density at radius 3 is 2.73 bits per heavy atom. The first-order valence-corrected chi connectivity index (χ1v) is 8.32. The second-order valence-corrected chi connectivity index (χ2v) is 7.02. The van der Waals surface area contributed by atoms with E-state index in [1.165, 1.54) is 12.3 Å². The minimum Gasteiger partial charge on any atom is -0.435 e. The van der Waals surface area contributed by atoms with Crippen LogP contribution in [0.2, 0.25) is 0 Å². The number of aryl methyl sites for hydroxylation is 1. The van der Waals surface area contributed by atoms with Gasteiger partial charge in [-0.25, -0.2) is 18.1 Å². The molecule has 0 radical (unpaired) electrons. The number of oxazole rings is 1. The fraction of sp³-hybridized carbons (Fsp3) is 0.462. The van der Waals surface area contributed by atoms with Crippen molar-refractivity contribution in [2.24, 2.45) is 5.92 Å². The molecule has 120 valence electrons. The molecule has 2 heterocycles. The second kappa shape index (κ2) is 6.30. The molecule has 0 aromatic carbocycles. The van der Waals surface area contributed by atoms with Crippen molar-refractivity contribution < 1.29 is 22.2 Å². The van der Waals surface area contributed by atoms with Crippen molar-refractivity contribution in [3.05, 3.63) is 35.4 Å². The van der Waals surface area contributed by atoms with Gasteiger partial charge in [0.15, 0.2) is 5.89 Å². The number of hydrogen-bond donors (Lipinski definition) is 1. The average Bonchev–Trinajstić information content (AvgIpc) is 2.97. The van der Waals surface area contributed by atoms with Crippen LogP contribution in [0.4, 0.5) is 0 Å². The third-order valence-electron chi connectivity index (χ3n) is 2.71. The molecular formula is C13H17N3O5S. The largest absolute Gasteiger partial charge is 0.435 e. The molecule has 0 aliphatic heterocycles. The first-order chi connectivity index (χ1) is 10.3. The van der Waals surface area contributed by atoms with Crippen LogP contribution in [0.3, 0.4) is 0 Å². The van der Waals surface area contributed by atoms with Crippen molar-refractivity contribution in [2.45, 2.75) is 32.9 Å². The normalized spacial score (nSPS) is 11.8. The van der Waals surface area contributed by atoms with Gasteiger partial charge >= 0.3 is 5.91 Å². The standard InChI is InChI=1S/C13H17N3O5S/c1-8(2)6-11-14-9(3)12(21-11)13(17)16-22(18,19)7-10-4-5-20-15-10/h4-5,8H,6-7H2,1-3H3,(H,16,17). The molecule has 0 atom stereocenters. The SMILES string of the molecule is Cc1nc(CC(C)C)oc1C(=O)NS(=O)(=O)Cc1ccon1. The van der Waals surface area contributed by atoms with E-state index in [1.54, 1.807) is 6.92 Å². The van der Waals surface area contributed by atoms with Crippen molar-refractivity contribution in [2.75, 3.05) is 0 Å². The van der Waals surface area contributed by atoms with Crippen LogP contribution in [0.5, 0.6) is 0 Å². The topological polar surface area (TPSA) is 115 Å². The molecule has 2 aromatic heterocycles. The van der Waals surface area contributed by atoms with Gasteiger partial charge < -0.3 is 8.94 Å². The highest BCUT2D eigenvalue weighted by Gasteiger charge is 2.23. The number of carbonyl (C=O) groups is 1. The summed E-state index contributed by atoms with van der Waals surface area (Å²) in [5.74, 6) is -0.680. The number of aromatic nitrogens is 2. The summed E-state index contributed by atoms with van der Waals surface area (Å²) >= 11 is 0. The van der Waals surface area contributed by atoms with E-state index in [4.69, 9.17) is 4.42 Å². The van der Waals surface area contributed by atoms with E-state index in [2.05, 4.69) is 14.7 Å². The quantitative estimate of drug-likeness (QED) is 0.853. The molecule has 8 nitrogen and oxygen atoms in total. The Hall–Kier alpha value is -2.16. The van der Waals surface area contributed by atoms with Crippen LogP contribution in [0.25, 0.3) is 0 Å². The second-order valence-electron chi connectivity index (χ2n) is 5.30. The van der Waals surface area contributed by atoms with Crippen LogP contribution >= 0.6 is 0 Å². The van der Waals surface area contributed by atoms with Crippen LogP contribution in [-0.4, -0.2) is 24.5 Å². The van der Waals surface area contributed by atoms with E-state index < -0.39 is 21.7 Å². The number of amides is 1. The lowest BCUT2D eigenvalue weighted by Crippen LogP contribution is -2.31. The van der Waals surface area contributed by atoms with Gasteiger partial charge in [-0.1, -0.05) is 19.0 Å². The highest BCUT2D eigenvalue weighted by molar-refractivity contribution is 7.89. The molecule has 1 N–H and O–H groups in total. The van der Waals surface area contributed by atoms with E-state index in [9.17, 15) is 13.2 Å². The average molecular weight is 327 g/mol. The molecule has 0 fully saturated rings. The number of hydrogen-bond acceptors (Lipinski definition) is 7. The zero-order valence-electron chi connectivity index (χ0n) is 12.5. The predicted molar refractivity (Wildman–Crippen MR) is 76.4 cm³/mol. The molecule has 0 unspecified atom stereocenters. The van der Waals surface area contributed by atoms with Crippen molar-refractivity contribution >= 4 is 15.9 Å². The molecule has 22 heavy (non-hydrogen) atoms. The Morgan fingerprint density at radius 1 is 1.41 bits per heavy atom. The van der Waals surface area contributed by atoms with E-state index in [1.807, 2.05) is 18.6 Å². The fourth-order valence-electron chi connectivity index (χ4n) is 1.83. The monoisotopic (exact) mass is 327 g/mol. The summed E-state index contributed by atoms with van der Waals surface area (Å²) in [6.45, 7) is 5.57. The van der Waals surface area contributed by atoms with Crippen LogP contribution in [0.15, 0.2) is 21.3 Å². The maximum atomic E-state index is 12.0. The zero-order chi connectivity index (χ0) is 16.3. The van der Waals surface area contributed by atoms with Gasteiger partial charge in [0.05, 0.1) is 5.69 Å². The van der Waals surface area contributed by atoms with Crippen LogP contribution in [-0.2, 0) is 22.2 Å². The summed E-state index contributed by atoms with van der Waals surface area (Å²) in [7, 11) is -3.89. The molecule has 9 heteroatoms. The first kappa shape index (κ1) is 16.2. The minimum absolute atomic E-state index is 0.0978. The molecule has 0 saturated heterocycles. The van der Waals surface area contributed by atoms with E-state index in [-0.39, 0.29) is 11.5 Å². The number of carbonyl (C=O) groups excluding carboxylic acids is 1. The lowest BCUT2D eigenvalue weighted by atomic mass is 10.1. The van der Waals surface area contributed by atoms with Crippen LogP contribution < -0.4 is 4.72 Å². The molecule has 0 aliphatic carbocycles. The van der Waals surface area contributed by atoms with Gasteiger partial charge in [-0.3, -0.25) is 4.79 Å². The summed E-state index contributed by atoms with van der Waals surface area (Å²) in [5, 5.41) is 3.49. The number of nitrogens with zero attached hydrogens (tertiary/aromatic N) is 2. The van der Waals surface area contributed by atoms with Gasteiger partial charge in [0.25, 0.3) is 0 Å². The van der Waals surface area contributed by atoms with E-state index in [0.717, 1.165) is 0 Å². The Bertz CT molecular complexity index is 747. The lowest BCUT2D eigenvalue weighted by molar-refractivity contribution is 0.0951. The molecule has 2 aromatic rings.